The van der Waals surface area contributed by atoms with Crippen molar-refractivity contribution < 1.29 is 9.18 Å². The first kappa shape index (κ1) is 10.9. The number of anilines is 1. The van der Waals surface area contributed by atoms with E-state index in [2.05, 4.69) is 10.6 Å². The molecule has 1 aromatic carbocycles. The van der Waals surface area contributed by atoms with Crippen molar-refractivity contribution in [3.63, 3.8) is 0 Å². The fraction of sp³-hybridized carbons (Fsp3) is 0.417. The lowest BCUT2D eigenvalue weighted by Crippen LogP contribution is -2.40. The number of benzene rings is 1. The molecule has 1 heterocycles. The summed E-state index contributed by atoms with van der Waals surface area (Å²) < 4.78 is 13.5. The molecule has 2 rings (SSSR count). The first-order valence-corrected chi connectivity index (χ1v) is 5.43. The summed E-state index contributed by atoms with van der Waals surface area (Å²) >= 11 is 0. The van der Waals surface area contributed by atoms with Crippen LogP contribution in [0.5, 0.6) is 0 Å². The summed E-state index contributed by atoms with van der Waals surface area (Å²) in [5.74, 6) is -0.274. The van der Waals surface area contributed by atoms with Gasteiger partial charge < -0.3 is 10.6 Å². The van der Waals surface area contributed by atoms with Crippen molar-refractivity contribution in [3.8, 4) is 0 Å². The average Bonchev–Trinajstić information content (AvgIpc) is 2.40. The molecule has 0 saturated heterocycles. The Bertz CT molecular complexity index is 417. The summed E-state index contributed by atoms with van der Waals surface area (Å²) in [6.45, 7) is 4.61. The van der Waals surface area contributed by atoms with Crippen LogP contribution in [0, 0.1) is 11.7 Å². The Labute approximate surface area is 94.0 Å². The first-order valence-electron chi connectivity index (χ1n) is 5.43. The van der Waals surface area contributed by atoms with Crippen LogP contribution in [0.2, 0.25) is 0 Å². The predicted octanol–water partition coefficient (Wildman–Crippen LogP) is 2.01. The van der Waals surface area contributed by atoms with Gasteiger partial charge in [-0.05, 0) is 18.1 Å². The van der Waals surface area contributed by atoms with E-state index < -0.39 is 0 Å². The maximum Gasteiger partial charge on any atom is 0.253 e. The van der Waals surface area contributed by atoms with Crippen molar-refractivity contribution in [2.24, 2.45) is 5.92 Å². The molecule has 0 spiro atoms. The van der Waals surface area contributed by atoms with E-state index in [0.29, 0.717) is 23.7 Å². The quantitative estimate of drug-likeness (QED) is 0.763. The molecular formula is C12H15FN2O. The zero-order valence-electron chi connectivity index (χ0n) is 9.38. The van der Waals surface area contributed by atoms with Gasteiger partial charge in [-0.2, -0.15) is 0 Å². The summed E-state index contributed by atoms with van der Waals surface area (Å²) in [5.41, 5.74) is 0.686. The van der Waals surface area contributed by atoms with Crippen LogP contribution in [0.15, 0.2) is 18.2 Å². The SMILES string of the molecule is CC(C)C1CNc2c(F)cccc2C(=O)N1. The molecule has 0 aromatic heterocycles. The predicted molar refractivity (Wildman–Crippen MR) is 61.0 cm³/mol. The second-order valence-electron chi connectivity index (χ2n) is 4.37. The molecule has 1 aromatic rings. The van der Waals surface area contributed by atoms with Crippen molar-refractivity contribution in [2.75, 3.05) is 11.9 Å². The van der Waals surface area contributed by atoms with E-state index in [1.165, 1.54) is 6.07 Å². The molecule has 0 aliphatic carbocycles. The third-order valence-electron chi connectivity index (χ3n) is 2.88. The van der Waals surface area contributed by atoms with Gasteiger partial charge in [-0.15, -0.1) is 0 Å². The normalized spacial score (nSPS) is 19.8. The minimum absolute atomic E-state index is 0.0271. The van der Waals surface area contributed by atoms with E-state index in [1.807, 2.05) is 13.8 Å². The summed E-state index contributed by atoms with van der Waals surface area (Å²) in [4.78, 5) is 11.9. The number of hydrogen-bond donors (Lipinski definition) is 2. The molecule has 1 aliphatic rings. The summed E-state index contributed by atoms with van der Waals surface area (Å²) in [7, 11) is 0. The maximum atomic E-state index is 13.5. The zero-order chi connectivity index (χ0) is 11.7. The zero-order valence-corrected chi connectivity index (χ0v) is 9.38. The summed E-state index contributed by atoms with van der Waals surface area (Å²) in [5, 5.41) is 5.89. The van der Waals surface area contributed by atoms with Crippen molar-refractivity contribution >= 4 is 11.6 Å². The van der Waals surface area contributed by atoms with Crippen LogP contribution in [0.25, 0.3) is 0 Å². The Morgan fingerprint density at radius 2 is 2.19 bits per heavy atom. The largest absolute Gasteiger partial charge is 0.380 e. The molecule has 16 heavy (non-hydrogen) atoms. The van der Waals surface area contributed by atoms with Gasteiger partial charge in [-0.1, -0.05) is 19.9 Å². The van der Waals surface area contributed by atoms with Crippen LogP contribution in [0.3, 0.4) is 0 Å². The maximum absolute atomic E-state index is 13.5. The minimum Gasteiger partial charge on any atom is -0.380 e. The fourth-order valence-electron chi connectivity index (χ4n) is 1.80. The molecule has 4 heteroatoms. The highest BCUT2D eigenvalue weighted by Gasteiger charge is 2.24. The molecule has 1 atom stereocenters. The topological polar surface area (TPSA) is 41.1 Å². The molecule has 1 unspecified atom stereocenters. The molecule has 0 bridgehead atoms. The van der Waals surface area contributed by atoms with Crippen LogP contribution in [-0.4, -0.2) is 18.5 Å². The van der Waals surface area contributed by atoms with Gasteiger partial charge in [0.1, 0.15) is 5.82 Å². The number of rotatable bonds is 1. The van der Waals surface area contributed by atoms with E-state index in [-0.39, 0.29) is 17.8 Å². The molecule has 2 N–H and O–H groups in total. The fourth-order valence-corrected chi connectivity index (χ4v) is 1.80. The highest BCUT2D eigenvalue weighted by Crippen LogP contribution is 2.22. The van der Waals surface area contributed by atoms with Crippen LogP contribution in [0.4, 0.5) is 10.1 Å². The third-order valence-corrected chi connectivity index (χ3v) is 2.88. The number of carbonyl (C=O) groups excluding carboxylic acids is 1. The summed E-state index contributed by atoms with van der Waals surface area (Å²) in [6, 6.07) is 4.56. The number of hydrogen-bond acceptors (Lipinski definition) is 2. The highest BCUT2D eigenvalue weighted by atomic mass is 19.1. The molecule has 1 amide bonds. The van der Waals surface area contributed by atoms with Crippen molar-refractivity contribution in [3.05, 3.63) is 29.6 Å². The van der Waals surface area contributed by atoms with E-state index in [1.54, 1.807) is 12.1 Å². The van der Waals surface area contributed by atoms with Gasteiger partial charge >= 0.3 is 0 Å². The van der Waals surface area contributed by atoms with Crippen LogP contribution >= 0.6 is 0 Å². The van der Waals surface area contributed by atoms with Gasteiger partial charge in [0.25, 0.3) is 5.91 Å². The third kappa shape index (κ3) is 1.87. The second-order valence-corrected chi connectivity index (χ2v) is 4.37. The number of fused-ring (bicyclic) bond motifs is 1. The standard InChI is InChI=1S/C12H15FN2O/c1-7(2)10-6-14-11-8(12(16)15-10)4-3-5-9(11)13/h3-5,7,10,14H,6H2,1-2H3,(H,15,16). The highest BCUT2D eigenvalue weighted by molar-refractivity contribution is 6.00. The monoisotopic (exact) mass is 222 g/mol. The lowest BCUT2D eigenvalue weighted by molar-refractivity contribution is 0.0933. The minimum atomic E-state index is -0.378. The van der Waals surface area contributed by atoms with Crippen molar-refractivity contribution in [1.82, 2.24) is 5.32 Å². The average molecular weight is 222 g/mol. The second kappa shape index (κ2) is 4.12. The lowest BCUT2D eigenvalue weighted by Gasteiger charge is -2.19. The summed E-state index contributed by atoms with van der Waals surface area (Å²) in [6.07, 6.45) is 0. The van der Waals surface area contributed by atoms with Gasteiger partial charge in [0.05, 0.1) is 11.3 Å². The first-order chi connectivity index (χ1) is 7.59. The van der Waals surface area contributed by atoms with Crippen LogP contribution < -0.4 is 10.6 Å². The Kier molecular flexibility index (Phi) is 2.81. The van der Waals surface area contributed by atoms with Gasteiger partial charge in [0, 0.05) is 12.6 Å². The Morgan fingerprint density at radius 1 is 1.44 bits per heavy atom. The van der Waals surface area contributed by atoms with Gasteiger partial charge in [0.15, 0.2) is 0 Å². The van der Waals surface area contributed by atoms with E-state index in [4.69, 9.17) is 0 Å². The van der Waals surface area contributed by atoms with Crippen LogP contribution in [-0.2, 0) is 0 Å². The van der Waals surface area contributed by atoms with E-state index in [9.17, 15) is 9.18 Å². The molecule has 0 radical (unpaired) electrons. The smallest absolute Gasteiger partial charge is 0.253 e. The van der Waals surface area contributed by atoms with E-state index >= 15 is 0 Å². The van der Waals surface area contributed by atoms with E-state index in [0.717, 1.165) is 0 Å². The molecule has 1 aliphatic heterocycles. The number of nitrogens with one attached hydrogen (secondary N) is 2. The number of halogens is 1. The Hall–Kier alpha value is -1.58. The lowest BCUT2D eigenvalue weighted by atomic mass is 10.0. The number of para-hydroxylation sites is 1. The van der Waals surface area contributed by atoms with Crippen molar-refractivity contribution in [2.45, 2.75) is 19.9 Å². The molecule has 0 saturated carbocycles. The molecule has 86 valence electrons. The molecule has 0 fully saturated rings. The molecule has 3 nitrogen and oxygen atoms in total. The molecular weight excluding hydrogens is 207 g/mol. The Morgan fingerprint density at radius 3 is 2.88 bits per heavy atom. The number of carbonyl (C=O) groups is 1. The van der Waals surface area contributed by atoms with Gasteiger partial charge in [0.2, 0.25) is 0 Å². The van der Waals surface area contributed by atoms with Crippen LogP contribution in [0.1, 0.15) is 24.2 Å². The van der Waals surface area contributed by atoms with Gasteiger partial charge in [-0.25, -0.2) is 4.39 Å². The Balaban J connectivity index is 2.36. The van der Waals surface area contributed by atoms with Crippen molar-refractivity contribution in [1.29, 1.82) is 0 Å². The number of amides is 1. The van der Waals surface area contributed by atoms with Gasteiger partial charge in [-0.3, -0.25) is 4.79 Å².